The summed E-state index contributed by atoms with van der Waals surface area (Å²) in [6.45, 7) is 1.74. The van der Waals surface area contributed by atoms with Crippen molar-refractivity contribution in [1.29, 1.82) is 0 Å². The minimum Gasteiger partial charge on any atom is -0.272 e. The van der Waals surface area contributed by atoms with Crippen molar-refractivity contribution in [1.82, 2.24) is 15.6 Å². The van der Waals surface area contributed by atoms with Crippen molar-refractivity contribution in [3.05, 3.63) is 74.9 Å². The fourth-order valence-electron chi connectivity index (χ4n) is 2.23. The number of hydrogen-bond acceptors (Lipinski definition) is 3. The molecule has 0 aliphatic rings. The molecule has 0 unspecified atom stereocenters. The molecule has 8 heteroatoms. The van der Waals surface area contributed by atoms with E-state index in [1.807, 2.05) is 12.1 Å². The second-order valence-electron chi connectivity index (χ2n) is 5.47. The first kappa shape index (κ1) is 18.5. The number of nitrogens with one attached hydrogen (secondary N) is 2. The maximum absolute atomic E-state index is 12.3. The Morgan fingerprint density at radius 3 is 2.31 bits per heavy atom. The molecule has 0 bridgehead atoms. The van der Waals surface area contributed by atoms with E-state index in [0.29, 0.717) is 32.0 Å². The number of nitrogens with zero attached hydrogens (tertiary/aromatic N) is 2. The van der Waals surface area contributed by atoms with Gasteiger partial charge < -0.3 is 0 Å². The summed E-state index contributed by atoms with van der Waals surface area (Å²) in [6, 6.07) is 13.9. The van der Waals surface area contributed by atoms with Crippen LogP contribution in [0.3, 0.4) is 0 Å². The molecular weight excluding hydrogens is 395 g/mol. The minimum atomic E-state index is -0.412. The van der Waals surface area contributed by atoms with E-state index in [-0.39, 0.29) is 5.69 Å². The number of rotatable bonds is 4. The molecule has 0 radical (unpaired) electrons. The molecule has 1 amide bonds. The zero-order chi connectivity index (χ0) is 18.7. The third-order valence-electron chi connectivity index (χ3n) is 3.57. The van der Waals surface area contributed by atoms with Gasteiger partial charge in [-0.25, -0.2) is 5.43 Å². The Morgan fingerprint density at radius 1 is 1.00 bits per heavy atom. The van der Waals surface area contributed by atoms with E-state index < -0.39 is 5.91 Å². The SMILES string of the molecule is CC(=NNC(=O)c1cc(-c2ccc(Cl)cc2)n[nH]1)c1cc(Cl)cc(Cl)c1. The molecule has 132 valence electrons. The van der Waals surface area contributed by atoms with Gasteiger partial charge in [0.05, 0.1) is 11.4 Å². The Balaban J connectivity index is 1.73. The summed E-state index contributed by atoms with van der Waals surface area (Å²) in [6.07, 6.45) is 0. The van der Waals surface area contributed by atoms with Gasteiger partial charge in [0.25, 0.3) is 5.91 Å². The maximum atomic E-state index is 12.3. The molecule has 1 heterocycles. The number of benzene rings is 2. The highest BCUT2D eigenvalue weighted by molar-refractivity contribution is 6.35. The molecule has 0 fully saturated rings. The highest BCUT2D eigenvalue weighted by Gasteiger charge is 2.11. The van der Waals surface area contributed by atoms with Crippen molar-refractivity contribution in [2.24, 2.45) is 5.10 Å². The standard InChI is InChI=1S/C18H13Cl3N4O/c1-10(12-6-14(20)8-15(21)7-12)22-25-18(26)17-9-16(23-24-17)11-2-4-13(19)5-3-11/h2-9H,1H3,(H,23,24)(H,25,26). The first-order chi connectivity index (χ1) is 12.4. The monoisotopic (exact) mass is 406 g/mol. The lowest BCUT2D eigenvalue weighted by Gasteiger charge is -2.03. The van der Waals surface area contributed by atoms with Gasteiger partial charge in [0.15, 0.2) is 0 Å². The van der Waals surface area contributed by atoms with Crippen LogP contribution in [0.4, 0.5) is 0 Å². The van der Waals surface area contributed by atoms with Crippen molar-refractivity contribution in [3.8, 4) is 11.3 Å². The lowest BCUT2D eigenvalue weighted by molar-refractivity contribution is 0.0950. The van der Waals surface area contributed by atoms with Crippen LogP contribution >= 0.6 is 34.8 Å². The first-order valence-electron chi connectivity index (χ1n) is 7.55. The third kappa shape index (κ3) is 4.43. The number of hydrogen-bond donors (Lipinski definition) is 2. The van der Waals surface area contributed by atoms with Gasteiger partial charge in [-0.15, -0.1) is 0 Å². The molecule has 3 aromatic rings. The van der Waals surface area contributed by atoms with Crippen LogP contribution in [-0.4, -0.2) is 21.8 Å². The van der Waals surface area contributed by atoms with Gasteiger partial charge >= 0.3 is 0 Å². The highest BCUT2D eigenvalue weighted by atomic mass is 35.5. The highest BCUT2D eigenvalue weighted by Crippen LogP contribution is 2.21. The normalized spacial score (nSPS) is 11.5. The predicted molar refractivity (Wildman–Crippen MR) is 105 cm³/mol. The lowest BCUT2D eigenvalue weighted by Crippen LogP contribution is -2.19. The Labute approximate surface area is 165 Å². The summed E-state index contributed by atoms with van der Waals surface area (Å²) in [7, 11) is 0. The number of halogens is 3. The molecule has 0 saturated heterocycles. The van der Waals surface area contributed by atoms with E-state index in [0.717, 1.165) is 5.56 Å². The molecule has 0 aliphatic heterocycles. The zero-order valence-electron chi connectivity index (χ0n) is 13.6. The number of aromatic nitrogens is 2. The zero-order valence-corrected chi connectivity index (χ0v) is 15.8. The van der Waals surface area contributed by atoms with Crippen LogP contribution in [0.2, 0.25) is 15.1 Å². The van der Waals surface area contributed by atoms with Crippen molar-refractivity contribution in [2.45, 2.75) is 6.92 Å². The molecule has 5 nitrogen and oxygen atoms in total. The fourth-order valence-corrected chi connectivity index (χ4v) is 2.88. The summed E-state index contributed by atoms with van der Waals surface area (Å²) in [5.41, 5.74) is 5.53. The van der Waals surface area contributed by atoms with Gasteiger partial charge in [0.1, 0.15) is 5.69 Å². The van der Waals surface area contributed by atoms with Crippen LogP contribution < -0.4 is 5.43 Å². The van der Waals surface area contributed by atoms with Crippen molar-refractivity contribution in [3.63, 3.8) is 0 Å². The molecule has 0 atom stereocenters. The van der Waals surface area contributed by atoms with Crippen LogP contribution in [0.15, 0.2) is 53.6 Å². The molecule has 0 saturated carbocycles. The molecule has 26 heavy (non-hydrogen) atoms. The van der Waals surface area contributed by atoms with Gasteiger partial charge in [-0.05, 0) is 43.3 Å². The van der Waals surface area contributed by atoms with Gasteiger partial charge in [-0.2, -0.15) is 10.2 Å². The first-order valence-corrected chi connectivity index (χ1v) is 8.68. The van der Waals surface area contributed by atoms with Gasteiger partial charge in [0, 0.05) is 26.2 Å². The van der Waals surface area contributed by atoms with Crippen LogP contribution in [-0.2, 0) is 0 Å². The number of hydrazone groups is 1. The van der Waals surface area contributed by atoms with Crippen molar-refractivity contribution >= 4 is 46.4 Å². The number of carbonyl (C=O) groups excluding carboxylic acids is 1. The smallest absolute Gasteiger partial charge is 0.272 e. The Hall–Kier alpha value is -2.34. The van der Waals surface area contributed by atoms with E-state index >= 15 is 0 Å². The molecular formula is C18H13Cl3N4O. The third-order valence-corrected chi connectivity index (χ3v) is 4.26. The number of H-pyrrole nitrogens is 1. The molecule has 0 spiro atoms. The molecule has 2 aromatic carbocycles. The van der Waals surface area contributed by atoms with E-state index in [1.54, 1.807) is 43.3 Å². The molecule has 0 aliphatic carbocycles. The van der Waals surface area contributed by atoms with E-state index in [4.69, 9.17) is 34.8 Å². The number of amides is 1. The second-order valence-corrected chi connectivity index (χ2v) is 6.78. The average molecular weight is 408 g/mol. The topological polar surface area (TPSA) is 70.1 Å². The predicted octanol–water partition coefficient (Wildman–Crippen LogP) is 5.19. The van der Waals surface area contributed by atoms with Gasteiger partial charge in [0.2, 0.25) is 0 Å². The Morgan fingerprint density at radius 2 is 1.65 bits per heavy atom. The molecule has 3 rings (SSSR count). The van der Waals surface area contributed by atoms with E-state index in [1.165, 1.54) is 0 Å². The fraction of sp³-hybridized carbons (Fsp3) is 0.0556. The van der Waals surface area contributed by atoms with E-state index in [9.17, 15) is 4.79 Å². The Bertz CT molecular complexity index is 960. The Kier molecular flexibility index (Phi) is 5.61. The summed E-state index contributed by atoms with van der Waals surface area (Å²) in [4.78, 5) is 12.3. The maximum Gasteiger partial charge on any atom is 0.289 e. The van der Waals surface area contributed by atoms with E-state index in [2.05, 4.69) is 20.7 Å². The van der Waals surface area contributed by atoms with Gasteiger partial charge in [-0.3, -0.25) is 9.89 Å². The van der Waals surface area contributed by atoms with Crippen LogP contribution in [0.25, 0.3) is 11.3 Å². The summed E-state index contributed by atoms with van der Waals surface area (Å²) in [5, 5.41) is 12.5. The van der Waals surface area contributed by atoms with Crippen LogP contribution in [0.5, 0.6) is 0 Å². The second kappa shape index (κ2) is 7.91. The van der Waals surface area contributed by atoms with Crippen molar-refractivity contribution in [2.75, 3.05) is 0 Å². The molecule has 2 N–H and O–H groups in total. The quantitative estimate of drug-likeness (QED) is 0.461. The molecule has 1 aromatic heterocycles. The van der Waals surface area contributed by atoms with Gasteiger partial charge in [-0.1, -0.05) is 46.9 Å². The summed E-state index contributed by atoms with van der Waals surface area (Å²) < 4.78 is 0. The average Bonchev–Trinajstić information content (AvgIpc) is 3.09. The van der Waals surface area contributed by atoms with Crippen LogP contribution in [0, 0.1) is 0 Å². The minimum absolute atomic E-state index is 0.288. The summed E-state index contributed by atoms with van der Waals surface area (Å²) >= 11 is 17.8. The number of carbonyl (C=O) groups is 1. The number of aromatic amines is 1. The summed E-state index contributed by atoms with van der Waals surface area (Å²) in [5.74, 6) is -0.412. The van der Waals surface area contributed by atoms with Crippen molar-refractivity contribution < 1.29 is 4.79 Å². The lowest BCUT2D eigenvalue weighted by atomic mass is 10.1. The van der Waals surface area contributed by atoms with Crippen LogP contribution in [0.1, 0.15) is 23.0 Å². The largest absolute Gasteiger partial charge is 0.289 e.